The molecule has 1 aromatic carbocycles. The molecule has 1 amide bonds. The van der Waals surface area contributed by atoms with Gasteiger partial charge < -0.3 is 18.8 Å². The molecular weight excluding hydrogens is 322 g/mol. The molecule has 0 spiro atoms. The van der Waals surface area contributed by atoms with Crippen molar-refractivity contribution in [2.24, 2.45) is 5.92 Å². The zero-order valence-corrected chi connectivity index (χ0v) is 14.6. The Morgan fingerprint density at radius 3 is 2.88 bits per heavy atom. The number of rotatable bonds is 5. The van der Waals surface area contributed by atoms with Crippen molar-refractivity contribution >= 4 is 22.8 Å². The molecule has 1 saturated heterocycles. The number of para-hydroxylation sites is 1. The van der Waals surface area contributed by atoms with Crippen LogP contribution in [0.25, 0.3) is 11.0 Å². The van der Waals surface area contributed by atoms with Gasteiger partial charge in [0.2, 0.25) is 5.76 Å². The van der Waals surface area contributed by atoms with E-state index in [1.165, 1.54) is 0 Å². The molecule has 2 aromatic rings. The molecule has 1 fully saturated rings. The van der Waals surface area contributed by atoms with Crippen molar-refractivity contribution in [1.29, 1.82) is 0 Å². The second-order valence-electron chi connectivity index (χ2n) is 6.50. The molecule has 3 rings (SSSR count). The normalized spacial score (nSPS) is 17.7. The van der Waals surface area contributed by atoms with Crippen molar-refractivity contribution in [3.8, 4) is 0 Å². The average Bonchev–Trinajstić information content (AvgIpc) is 2.98. The number of nitrogens with zero attached hydrogens (tertiary/aromatic N) is 1. The molecule has 0 saturated carbocycles. The maximum Gasteiger partial charge on any atom is 0.375 e. The van der Waals surface area contributed by atoms with Gasteiger partial charge in [0.15, 0.2) is 6.61 Å². The van der Waals surface area contributed by atoms with E-state index in [0.717, 1.165) is 31.3 Å². The lowest BCUT2D eigenvalue weighted by molar-refractivity contribution is -0.136. The van der Waals surface area contributed by atoms with E-state index in [2.05, 4.69) is 6.92 Å². The van der Waals surface area contributed by atoms with Crippen LogP contribution in [0.2, 0.25) is 0 Å². The summed E-state index contributed by atoms with van der Waals surface area (Å²) in [6.45, 7) is 3.53. The Labute approximate surface area is 146 Å². The van der Waals surface area contributed by atoms with Gasteiger partial charge in [-0.15, -0.1) is 0 Å². The summed E-state index contributed by atoms with van der Waals surface area (Å²) in [6.07, 6.45) is 2.12. The van der Waals surface area contributed by atoms with Crippen LogP contribution < -0.4 is 0 Å². The first kappa shape index (κ1) is 17.5. The minimum atomic E-state index is -0.637. The molecule has 1 aliphatic rings. The highest BCUT2D eigenvalue weighted by molar-refractivity contribution is 5.96. The number of benzene rings is 1. The number of hydrogen-bond donors (Lipinski definition) is 0. The van der Waals surface area contributed by atoms with Crippen LogP contribution in [-0.4, -0.2) is 43.6 Å². The molecule has 1 aliphatic heterocycles. The third-order valence-corrected chi connectivity index (χ3v) is 4.51. The van der Waals surface area contributed by atoms with E-state index in [4.69, 9.17) is 13.9 Å². The average molecular weight is 345 g/mol. The molecule has 2 heterocycles. The molecular formula is C19H23NO5. The molecule has 0 unspecified atom stereocenters. The van der Waals surface area contributed by atoms with Crippen molar-refractivity contribution in [3.63, 3.8) is 0 Å². The number of furan rings is 1. The van der Waals surface area contributed by atoms with Crippen LogP contribution in [0.3, 0.4) is 0 Å². The molecule has 0 bridgehead atoms. The number of amides is 1. The molecule has 0 radical (unpaired) electrons. The van der Waals surface area contributed by atoms with Gasteiger partial charge in [0.25, 0.3) is 5.91 Å². The summed E-state index contributed by atoms with van der Waals surface area (Å²) < 4.78 is 16.0. The Bertz CT molecular complexity index is 766. The number of methoxy groups -OCH3 is 1. The Morgan fingerprint density at radius 2 is 2.12 bits per heavy atom. The summed E-state index contributed by atoms with van der Waals surface area (Å²) >= 11 is 0. The van der Waals surface area contributed by atoms with Gasteiger partial charge in [-0.1, -0.05) is 25.1 Å². The van der Waals surface area contributed by atoms with Gasteiger partial charge >= 0.3 is 5.97 Å². The number of piperidine rings is 1. The van der Waals surface area contributed by atoms with Gasteiger partial charge in [-0.2, -0.15) is 0 Å². The zero-order chi connectivity index (χ0) is 17.8. The van der Waals surface area contributed by atoms with Crippen LogP contribution in [0.1, 0.15) is 35.9 Å². The van der Waals surface area contributed by atoms with Crippen molar-refractivity contribution in [2.45, 2.75) is 26.4 Å². The maximum atomic E-state index is 12.4. The monoisotopic (exact) mass is 345 g/mol. The molecule has 25 heavy (non-hydrogen) atoms. The van der Waals surface area contributed by atoms with Crippen LogP contribution in [0.5, 0.6) is 0 Å². The fourth-order valence-corrected chi connectivity index (χ4v) is 3.25. The quantitative estimate of drug-likeness (QED) is 0.779. The fraction of sp³-hybridized carbons (Fsp3) is 0.474. The Kier molecular flexibility index (Phi) is 5.38. The van der Waals surface area contributed by atoms with Gasteiger partial charge in [0, 0.05) is 31.1 Å². The molecule has 0 N–H and O–H groups in total. The van der Waals surface area contributed by atoms with Gasteiger partial charge in [-0.3, -0.25) is 4.79 Å². The largest absolute Gasteiger partial charge is 0.450 e. The summed E-state index contributed by atoms with van der Waals surface area (Å²) in [5.41, 5.74) is 1.24. The lowest BCUT2D eigenvalue weighted by Crippen LogP contribution is -2.41. The van der Waals surface area contributed by atoms with Crippen LogP contribution >= 0.6 is 0 Å². The highest BCUT2D eigenvalue weighted by Crippen LogP contribution is 2.27. The predicted octanol–water partition coefficient (Wildman–Crippen LogP) is 2.99. The second kappa shape index (κ2) is 7.70. The number of likely N-dealkylation sites (tertiary alicyclic amines) is 1. The number of esters is 1. The molecule has 134 valence electrons. The van der Waals surface area contributed by atoms with Crippen molar-refractivity contribution < 1.29 is 23.5 Å². The summed E-state index contributed by atoms with van der Waals surface area (Å²) in [5, 5.41) is 0.812. The third kappa shape index (κ3) is 3.85. The van der Waals surface area contributed by atoms with Gasteiger partial charge in [-0.05, 0) is 24.8 Å². The van der Waals surface area contributed by atoms with Crippen molar-refractivity contribution in [3.05, 3.63) is 35.6 Å². The van der Waals surface area contributed by atoms with E-state index in [0.29, 0.717) is 17.1 Å². The molecule has 1 aromatic heterocycles. The smallest absolute Gasteiger partial charge is 0.375 e. The number of carbonyl (C=O) groups excluding carboxylic acids is 2. The van der Waals surface area contributed by atoms with E-state index in [-0.39, 0.29) is 24.9 Å². The first-order valence-corrected chi connectivity index (χ1v) is 8.54. The molecule has 1 atom stereocenters. The summed E-state index contributed by atoms with van der Waals surface area (Å²) in [5.74, 6) is -0.217. The number of fused-ring (bicyclic) bond motifs is 1. The van der Waals surface area contributed by atoms with Gasteiger partial charge in [0.05, 0.1) is 6.61 Å². The SMILES string of the molecule is COCc1c(C(=O)OCC(=O)N2CCC[C@H](C)C2)oc2ccccc12. The van der Waals surface area contributed by atoms with Crippen LogP contribution in [0.4, 0.5) is 0 Å². The number of hydrogen-bond acceptors (Lipinski definition) is 5. The standard InChI is InChI=1S/C19H23NO5/c1-13-6-5-9-20(10-13)17(21)12-24-19(22)18-15(11-23-2)14-7-3-4-8-16(14)25-18/h3-4,7-8,13H,5-6,9-12H2,1-2H3/t13-/m0/s1. The van der Waals surface area contributed by atoms with E-state index >= 15 is 0 Å². The second-order valence-corrected chi connectivity index (χ2v) is 6.50. The minimum absolute atomic E-state index is 0.0999. The lowest BCUT2D eigenvalue weighted by Gasteiger charge is -2.30. The van der Waals surface area contributed by atoms with E-state index in [1.807, 2.05) is 18.2 Å². The Balaban J connectivity index is 1.69. The maximum absolute atomic E-state index is 12.4. The molecule has 6 heteroatoms. The number of ether oxygens (including phenoxy) is 2. The number of carbonyl (C=O) groups is 2. The summed E-state index contributed by atoms with van der Waals surface area (Å²) in [4.78, 5) is 26.4. The van der Waals surface area contributed by atoms with Crippen molar-refractivity contribution in [1.82, 2.24) is 4.90 Å². The minimum Gasteiger partial charge on any atom is -0.450 e. The van der Waals surface area contributed by atoms with E-state index in [1.54, 1.807) is 18.1 Å². The first-order chi connectivity index (χ1) is 12.1. The van der Waals surface area contributed by atoms with Gasteiger partial charge in [-0.25, -0.2) is 4.79 Å². The predicted molar refractivity (Wildman–Crippen MR) is 92.2 cm³/mol. The Morgan fingerprint density at radius 1 is 1.32 bits per heavy atom. The first-order valence-electron chi connectivity index (χ1n) is 8.54. The zero-order valence-electron chi connectivity index (χ0n) is 14.6. The van der Waals surface area contributed by atoms with E-state index in [9.17, 15) is 9.59 Å². The van der Waals surface area contributed by atoms with Crippen LogP contribution in [0, 0.1) is 5.92 Å². The highest BCUT2D eigenvalue weighted by atomic mass is 16.5. The summed E-state index contributed by atoms with van der Waals surface area (Å²) in [7, 11) is 1.55. The summed E-state index contributed by atoms with van der Waals surface area (Å²) in [6, 6.07) is 7.35. The van der Waals surface area contributed by atoms with Crippen molar-refractivity contribution in [2.75, 3.05) is 26.8 Å². The molecule has 6 nitrogen and oxygen atoms in total. The lowest BCUT2D eigenvalue weighted by atomic mass is 10.0. The Hall–Kier alpha value is -2.34. The third-order valence-electron chi connectivity index (χ3n) is 4.51. The highest BCUT2D eigenvalue weighted by Gasteiger charge is 2.25. The molecule has 0 aliphatic carbocycles. The van der Waals surface area contributed by atoms with Crippen LogP contribution in [-0.2, 0) is 20.9 Å². The van der Waals surface area contributed by atoms with Crippen LogP contribution in [0.15, 0.2) is 28.7 Å². The fourth-order valence-electron chi connectivity index (χ4n) is 3.25. The topological polar surface area (TPSA) is 69.0 Å². The van der Waals surface area contributed by atoms with E-state index < -0.39 is 5.97 Å². The van der Waals surface area contributed by atoms with Gasteiger partial charge in [0.1, 0.15) is 5.58 Å².